The van der Waals surface area contributed by atoms with Crippen molar-refractivity contribution in [2.24, 2.45) is 5.92 Å². The zero-order valence-corrected chi connectivity index (χ0v) is 17.8. The molecule has 3 amide bonds. The Kier molecular flexibility index (Phi) is 5.54. The van der Waals surface area contributed by atoms with Gasteiger partial charge in [-0.1, -0.05) is 0 Å². The van der Waals surface area contributed by atoms with Crippen LogP contribution in [0.5, 0.6) is 11.5 Å². The zero-order valence-electron chi connectivity index (χ0n) is 17.8. The van der Waals surface area contributed by atoms with Crippen molar-refractivity contribution in [1.29, 1.82) is 0 Å². The first-order valence-corrected chi connectivity index (χ1v) is 10.2. The van der Waals surface area contributed by atoms with E-state index in [0.29, 0.717) is 30.3 Å². The van der Waals surface area contributed by atoms with Gasteiger partial charge < -0.3 is 24.6 Å². The highest BCUT2D eigenvalue weighted by Gasteiger charge is 2.36. The fourth-order valence-corrected chi connectivity index (χ4v) is 4.17. The van der Waals surface area contributed by atoms with Gasteiger partial charge in [-0.05, 0) is 42.3 Å². The van der Waals surface area contributed by atoms with Crippen LogP contribution in [-0.4, -0.2) is 45.0 Å². The van der Waals surface area contributed by atoms with Gasteiger partial charge in [0.05, 0.1) is 20.1 Å². The quantitative estimate of drug-likeness (QED) is 0.799. The number of ether oxygens (including phenoxy) is 2. The van der Waals surface area contributed by atoms with Gasteiger partial charge in [0.15, 0.2) is 11.5 Å². The molecule has 1 atom stereocenters. The fourth-order valence-electron chi connectivity index (χ4n) is 4.17. The van der Waals surface area contributed by atoms with E-state index >= 15 is 0 Å². The molecule has 0 aromatic heterocycles. The van der Waals surface area contributed by atoms with Crippen LogP contribution in [0.15, 0.2) is 36.4 Å². The van der Waals surface area contributed by atoms with Gasteiger partial charge in [0.25, 0.3) is 0 Å². The van der Waals surface area contributed by atoms with Crippen LogP contribution in [0, 0.1) is 5.92 Å². The third-order valence-corrected chi connectivity index (χ3v) is 5.80. The number of nitrogens with zero attached hydrogens (tertiary/aromatic N) is 2. The first kappa shape index (κ1) is 20.7. The number of hydrogen-bond donors (Lipinski definition) is 1. The maximum Gasteiger partial charge on any atom is 0.229 e. The number of carbonyl (C=O) groups excluding carboxylic acids is 3. The van der Waals surface area contributed by atoms with E-state index in [9.17, 15) is 14.4 Å². The Labute approximate surface area is 180 Å². The molecule has 0 radical (unpaired) electrons. The van der Waals surface area contributed by atoms with E-state index in [1.165, 1.54) is 7.11 Å². The minimum absolute atomic E-state index is 0.00986. The summed E-state index contributed by atoms with van der Waals surface area (Å²) in [5, 5.41) is 2.86. The van der Waals surface area contributed by atoms with Crippen molar-refractivity contribution in [3.8, 4) is 11.5 Å². The molecule has 162 valence electrons. The smallest absolute Gasteiger partial charge is 0.229 e. The zero-order chi connectivity index (χ0) is 22.1. The van der Waals surface area contributed by atoms with Crippen molar-refractivity contribution in [3.05, 3.63) is 42.0 Å². The predicted octanol–water partition coefficient (Wildman–Crippen LogP) is 2.60. The largest absolute Gasteiger partial charge is 0.493 e. The predicted molar refractivity (Wildman–Crippen MR) is 117 cm³/mol. The molecule has 2 aliphatic heterocycles. The summed E-state index contributed by atoms with van der Waals surface area (Å²) in [5.41, 5.74) is 3.27. The van der Waals surface area contributed by atoms with E-state index in [1.54, 1.807) is 42.0 Å². The molecule has 4 rings (SSSR count). The normalized spacial score (nSPS) is 17.5. The maximum atomic E-state index is 12.8. The molecule has 1 fully saturated rings. The number of benzene rings is 2. The Morgan fingerprint density at radius 3 is 2.55 bits per heavy atom. The second-order valence-electron chi connectivity index (χ2n) is 7.70. The molecule has 8 nitrogen and oxygen atoms in total. The fraction of sp³-hybridized carbons (Fsp3) is 0.348. The summed E-state index contributed by atoms with van der Waals surface area (Å²) in [6, 6.07) is 10.8. The second-order valence-corrected chi connectivity index (χ2v) is 7.70. The van der Waals surface area contributed by atoms with Crippen LogP contribution < -0.4 is 24.6 Å². The highest BCUT2D eigenvalue weighted by Crippen LogP contribution is 2.35. The van der Waals surface area contributed by atoms with Gasteiger partial charge >= 0.3 is 0 Å². The lowest BCUT2D eigenvalue weighted by molar-refractivity contribution is -0.122. The Morgan fingerprint density at radius 1 is 1.06 bits per heavy atom. The topological polar surface area (TPSA) is 88.2 Å². The van der Waals surface area contributed by atoms with Crippen LogP contribution in [-0.2, 0) is 20.8 Å². The van der Waals surface area contributed by atoms with Gasteiger partial charge in [-0.25, -0.2) is 0 Å². The van der Waals surface area contributed by atoms with Crippen LogP contribution >= 0.6 is 0 Å². The molecular formula is C23H25N3O5. The van der Waals surface area contributed by atoms with E-state index in [0.717, 1.165) is 23.4 Å². The number of fused-ring (bicyclic) bond motifs is 1. The number of anilines is 3. The van der Waals surface area contributed by atoms with Crippen molar-refractivity contribution in [2.45, 2.75) is 19.8 Å². The van der Waals surface area contributed by atoms with Crippen LogP contribution in [0.3, 0.4) is 0 Å². The third kappa shape index (κ3) is 3.93. The summed E-state index contributed by atoms with van der Waals surface area (Å²) >= 11 is 0. The average molecular weight is 423 g/mol. The summed E-state index contributed by atoms with van der Waals surface area (Å²) in [4.78, 5) is 40.6. The lowest BCUT2D eigenvalue weighted by Gasteiger charge is -2.19. The molecule has 2 aliphatic rings. The number of nitrogens with one attached hydrogen (secondary N) is 1. The number of amides is 3. The molecule has 1 saturated heterocycles. The Morgan fingerprint density at radius 2 is 1.84 bits per heavy atom. The van der Waals surface area contributed by atoms with E-state index in [1.807, 2.05) is 18.2 Å². The van der Waals surface area contributed by atoms with E-state index in [-0.39, 0.29) is 24.1 Å². The molecule has 0 aliphatic carbocycles. The number of rotatable bonds is 5. The van der Waals surface area contributed by atoms with Crippen molar-refractivity contribution in [2.75, 3.05) is 42.4 Å². The molecule has 0 spiro atoms. The molecule has 1 N–H and O–H groups in total. The highest BCUT2D eigenvalue weighted by molar-refractivity contribution is 6.04. The molecule has 0 bridgehead atoms. The van der Waals surface area contributed by atoms with Gasteiger partial charge in [-0.2, -0.15) is 0 Å². The number of hydrogen-bond acceptors (Lipinski definition) is 5. The van der Waals surface area contributed by atoms with E-state index in [2.05, 4.69) is 5.32 Å². The first-order valence-electron chi connectivity index (χ1n) is 10.2. The van der Waals surface area contributed by atoms with E-state index < -0.39 is 5.92 Å². The number of methoxy groups -OCH3 is 2. The molecule has 8 heteroatoms. The monoisotopic (exact) mass is 423 g/mol. The van der Waals surface area contributed by atoms with Crippen molar-refractivity contribution in [1.82, 2.24) is 0 Å². The minimum atomic E-state index is -0.456. The molecule has 2 aromatic rings. The summed E-state index contributed by atoms with van der Waals surface area (Å²) in [6.45, 7) is 2.51. The minimum Gasteiger partial charge on any atom is -0.493 e. The summed E-state index contributed by atoms with van der Waals surface area (Å²) in [5.74, 6) is 0.337. The molecule has 2 aromatic carbocycles. The van der Waals surface area contributed by atoms with Crippen LogP contribution in [0.1, 0.15) is 18.9 Å². The van der Waals surface area contributed by atoms with Crippen LogP contribution in [0.2, 0.25) is 0 Å². The Balaban J connectivity index is 1.46. The number of carbonyl (C=O) groups is 3. The van der Waals surface area contributed by atoms with Gasteiger partial charge in [0.2, 0.25) is 17.7 Å². The molecule has 1 unspecified atom stereocenters. The Hall–Kier alpha value is -3.55. The SMILES string of the molecule is COc1ccc(NC(=O)C2CC(=O)N(c3ccc4c(c3)CCN4C(C)=O)C2)cc1OC. The first-order chi connectivity index (χ1) is 14.9. The molecule has 31 heavy (non-hydrogen) atoms. The lowest BCUT2D eigenvalue weighted by atomic mass is 10.1. The van der Waals surface area contributed by atoms with Gasteiger partial charge in [0, 0.05) is 49.6 Å². The van der Waals surface area contributed by atoms with Crippen LogP contribution in [0.4, 0.5) is 17.1 Å². The summed E-state index contributed by atoms with van der Waals surface area (Å²) in [7, 11) is 3.08. The van der Waals surface area contributed by atoms with E-state index in [4.69, 9.17) is 9.47 Å². The third-order valence-electron chi connectivity index (χ3n) is 5.80. The van der Waals surface area contributed by atoms with Crippen molar-refractivity contribution < 1.29 is 23.9 Å². The maximum absolute atomic E-state index is 12.8. The molecule has 2 heterocycles. The summed E-state index contributed by atoms with van der Waals surface area (Å²) in [6.07, 6.45) is 0.907. The van der Waals surface area contributed by atoms with Gasteiger partial charge in [-0.15, -0.1) is 0 Å². The van der Waals surface area contributed by atoms with Crippen LogP contribution in [0.25, 0.3) is 0 Å². The van der Waals surface area contributed by atoms with Gasteiger partial charge in [-0.3, -0.25) is 14.4 Å². The average Bonchev–Trinajstić information content (AvgIpc) is 3.36. The summed E-state index contributed by atoms with van der Waals surface area (Å²) < 4.78 is 10.5. The Bertz CT molecular complexity index is 1050. The molecule has 0 saturated carbocycles. The molecular weight excluding hydrogens is 398 g/mol. The lowest BCUT2D eigenvalue weighted by Crippen LogP contribution is -2.28. The second kappa shape index (κ2) is 8.29. The standard InChI is InChI=1S/C23H25N3O5/c1-14(27)25-9-8-15-10-18(5-6-19(15)25)26-13-16(11-22(26)28)23(29)24-17-4-7-20(30-2)21(12-17)31-3/h4-7,10,12,16H,8-9,11,13H2,1-3H3,(H,24,29). The van der Waals surface area contributed by atoms with Crippen molar-refractivity contribution >= 4 is 34.8 Å². The highest BCUT2D eigenvalue weighted by atomic mass is 16.5. The van der Waals surface area contributed by atoms with Crippen molar-refractivity contribution in [3.63, 3.8) is 0 Å². The van der Waals surface area contributed by atoms with Gasteiger partial charge in [0.1, 0.15) is 0 Å².